The number of hydrogen-bond acceptors (Lipinski definition) is 4. The van der Waals surface area contributed by atoms with E-state index in [1.807, 2.05) is 30.3 Å². The van der Waals surface area contributed by atoms with E-state index in [1.54, 1.807) is 38.1 Å². The summed E-state index contributed by atoms with van der Waals surface area (Å²) in [6.07, 6.45) is 0.368. The summed E-state index contributed by atoms with van der Waals surface area (Å²) < 4.78 is 5.00. The quantitative estimate of drug-likeness (QED) is 0.733. The van der Waals surface area contributed by atoms with Crippen molar-refractivity contribution in [3.05, 3.63) is 65.7 Å². The maximum absolute atomic E-state index is 11.5. The van der Waals surface area contributed by atoms with E-state index >= 15 is 0 Å². The van der Waals surface area contributed by atoms with Gasteiger partial charge in [-0.25, -0.2) is 4.79 Å². The van der Waals surface area contributed by atoms with Gasteiger partial charge in [0.2, 0.25) is 0 Å². The van der Waals surface area contributed by atoms with Crippen molar-refractivity contribution in [1.82, 2.24) is 0 Å². The first-order chi connectivity index (χ1) is 12.4. The van der Waals surface area contributed by atoms with E-state index in [0.717, 1.165) is 5.56 Å². The summed E-state index contributed by atoms with van der Waals surface area (Å²) in [7, 11) is 0. The Morgan fingerprint density at radius 1 is 0.962 bits per heavy atom. The van der Waals surface area contributed by atoms with E-state index in [9.17, 15) is 14.4 Å². The summed E-state index contributed by atoms with van der Waals surface area (Å²) in [6.45, 7) is 2.99. The molecule has 0 unspecified atom stereocenters. The lowest BCUT2D eigenvalue weighted by atomic mass is 10.0. The van der Waals surface area contributed by atoms with Crippen molar-refractivity contribution in [1.29, 1.82) is 0 Å². The summed E-state index contributed by atoms with van der Waals surface area (Å²) in [4.78, 5) is 32.3. The second-order valence-corrected chi connectivity index (χ2v) is 5.43. The van der Waals surface area contributed by atoms with E-state index in [1.165, 1.54) is 0 Å². The van der Waals surface area contributed by atoms with Crippen LogP contribution in [0.25, 0.3) is 0 Å². The number of carbonyl (C=O) groups excluding carboxylic acids is 1. The zero-order valence-corrected chi connectivity index (χ0v) is 14.7. The molecule has 138 valence electrons. The van der Waals surface area contributed by atoms with Crippen molar-refractivity contribution in [3.8, 4) is 5.75 Å². The van der Waals surface area contributed by atoms with Crippen molar-refractivity contribution >= 4 is 17.7 Å². The molecule has 6 nitrogen and oxygen atoms in total. The fourth-order valence-electron chi connectivity index (χ4n) is 2.04. The molecule has 0 spiro atoms. The van der Waals surface area contributed by atoms with Crippen LogP contribution in [0.5, 0.6) is 5.75 Å². The molecule has 0 bridgehead atoms. The maximum atomic E-state index is 11.5. The fraction of sp³-hybridized carbons (Fsp3) is 0.250. The third kappa shape index (κ3) is 6.76. The van der Waals surface area contributed by atoms with Gasteiger partial charge in [0.1, 0.15) is 5.75 Å². The number of ketones is 1. The zero-order valence-electron chi connectivity index (χ0n) is 14.7. The van der Waals surface area contributed by atoms with Gasteiger partial charge < -0.3 is 14.9 Å². The molecule has 0 saturated heterocycles. The SMILES string of the molecule is CCC(=O)c1ccccc1OCC(=O)O.C[C@@H](C(=O)O)c1ccccc1. The molecule has 2 N–H and O–H groups in total. The van der Waals surface area contributed by atoms with Crippen LogP contribution in [0.3, 0.4) is 0 Å². The van der Waals surface area contributed by atoms with Gasteiger partial charge in [0.05, 0.1) is 11.5 Å². The molecule has 0 aromatic heterocycles. The number of ether oxygens (including phenoxy) is 1. The predicted molar refractivity (Wildman–Crippen MR) is 96.7 cm³/mol. The Morgan fingerprint density at radius 2 is 1.54 bits per heavy atom. The van der Waals surface area contributed by atoms with E-state index < -0.39 is 24.5 Å². The monoisotopic (exact) mass is 358 g/mol. The largest absolute Gasteiger partial charge is 0.481 e. The molecule has 1 atom stereocenters. The van der Waals surface area contributed by atoms with E-state index in [2.05, 4.69) is 0 Å². The Hall–Kier alpha value is -3.15. The molecule has 0 saturated carbocycles. The highest BCUT2D eigenvalue weighted by molar-refractivity contribution is 5.98. The van der Waals surface area contributed by atoms with Crippen LogP contribution in [0, 0.1) is 0 Å². The zero-order chi connectivity index (χ0) is 19.5. The van der Waals surface area contributed by atoms with Crippen LogP contribution in [-0.2, 0) is 9.59 Å². The summed E-state index contributed by atoms with van der Waals surface area (Å²) in [5.74, 6) is -1.98. The minimum Gasteiger partial charge on any atom is -0.481 e. The van der Waals surface area contributed by atoms with Gasteiger partial charge in [0.25, 0.3) is 0 Å². The number of Topliss-reactive ketones (excluding diaryl/α,β-unsaturated/α-hetero) is 1. The summed E-state index contributed by atoms with van der Waals surface area (Å²) >= 11 is 0. The average molecular weight is 358 g/mol. The van der Waals surface area contributed by atoms with Crippen LogP contribution >= 0.6 is 0 Å². The highest BCUT2D eigenvalue weighted by atomic mass is 16.5. The highest BCUT2D eigenvalue weighted by Crippen LogP contribution is 2.19. The van der Waals surface area contributed by atoms with Gasteiger partial charge >= 0.3 is 11.9 Å². The second-order valence-electron chi connectivity index (χ2n) is 5.43. The fourth-order valence-corrected chi connectivity index (χ4v) is 2.04. The van der Waals surface area contributed by atoms with Crippen LogP contribution in [-0.4, -0.2) is 34.5 Å². The second kappa shape index (κ2) is 10.7. The van der Waals surface area contributed by atoms with Crippen LogP contribution in [0.15, 0.2) is 54.6 Å². The smallest absolute Gasteiger partial charge is 0.341 e. The van der Waals surface area contributed by atoms with Gasteiger partial charge in [-0.1, -0.05) is 49.4 Å². The number of rotatable bonds is 7. The molecule has 0 amide bonds. The number of hydrogen-bond donors (Lipinski definition) is 2. The first kappa shape index (κ1) is 20.9. The average Bonchev–Trinajstić information content (AvgIpc) is 2.66. The standard InChI is InChI=1S/C11H12O4.C9H10O2/c1-2-9(12)8-5-3-4-6-10(8)15-7-11(13)14;1-7(9(10)11)8-5-3-2-4-6-8/h3-6H,2,7H2,1H3,(H,13,14);2-7H,1H3,(H,10,11)/t;7-/m.1/s1. The predicted octanol–water partition coefficient (Wildman–Crippen LogP) is 3.62. The first-order valence-electron chi connectivity index (χ1n) is 8.11. The van der Waals surface area contributed by atoms with Crippen LogP contribution in [0.2, 0.25) is 0 Å². The van der Waals surface area contributed by atoms with Crippen molar-refractivity contribution < 1.29 is 29.3 Å². The number of aliphatic carboxylic acids is 2. The molecule has 2 rings (SSSR count). The Labute approximate surface area is 152 Å². The number of carbonyl (C=O) groups is 3. The molecule has 0 fully saturated rings. The van der Waals surface area contributed by atoms with Gasteiger partial charge in [-0.2, -0.15) is 0 Å². The van der Waals surface area contributed by atoms with Gasteiger partial charge in [0, 0.05) is 6.42 Å². The number of carboxylic acid groups (broad SMARTS) is 2. The lowest BCUT2D eigenvalue weighted by molar-refractivity contribution is -0.139. The molecule has 0 aliphatic carbocycles. The Bertz CT molecular complexity index is 739. The normalized spacial score (nSPS) is 10.8. The highest BCUT2D eigenvalue weighted by Gasteiger charge is 2.12. The van der Waals surface area contributed by atoms with E-state index in [-0.39, 0.29) is 5.78 Å². The summed E-state index contributed by atoms with van der Waals surface area (Å²) in [6, 6.07) is 15.8. The van der Waals surface area contributed by atoms with Gasteiger partial charge in [-0.3, -0.25) is 9.59 Å². The molecule has 0 radical (unpaired) electrons. The van der Waals surface area contributed by atoms with Crippen LogP contribution < -0.4 is 4.74 Å². The van der Waals surface area contributed by atoms with Crippen molar-refractivity contribution in [2.24, 2.45) is 0 Å². The van der Waals surface area contributed by atoms with Gasteiger partial charge in [-0.15, -0.1) is 0 Å². The lowest BCUT2D eigenvalue weighted by Crippen LogP contribution is -2.11. The molecular weight excluding hydrogens is 336 g/mol. The van der Waals surface area contributed by atoms with Gasteiger partial charge in [-0.05, 0) is 24.6 Å². The topological polar surface area (TPSA) is 101 Å². The molecule has 0 aliphatic heterocycles. The number of benzene rings is 2. The van der Waals surface area contributed by atoms with Crippen molar-refractivity contribution in [3.63, 3.8) is 0 Å². The number of carboxylic acids is 2. The Kier molecular flexibility index (Phi) is 8.57. The Morgan fingerprint density at radius 3 is 2.08 bits per heavy atom. The third-order valence-electron chi connectivity index (χ3n) is 3.53. The van der Waals surface area contributed by atoms with Crippen molar-refractivity contribution in [2.75, 3.05) is 6.61 Å². The third-order valence-corrected chi connectivity index (χ3v) is 3.53. The molecule has 6 heteroatoms. The van der Waals surface area contributed by atoms with E-state index in [0.29, 0.717) is 17.7 Å². The molecule has 2 aromatic rings. The molecule has 2 aromatic carbocycles. The minimum atomic E-state index is -1.06. The summed E-state index contributed by atoms with van der Waals surface area (Å²) in [5, 5.41) is 17.1. The Balaban J connectivity index is 0.000000273. The summed E-state index contributed by atoms with van der Waals surface area (Å²) in [5.41, 5.74) is 1.28. The molecule has 26 heavy (non-hydrogen) atoms. The maximum Gasteiger partial charge on any atom is 0.341 e. The van der Waals surface area contributed by atoms with Crippen LogP contribution in [0.4, 0.5) is 0 Å². The molecule has 0 heterocycles. The molecular formula is C20H22O6. The lowest BCUT2D eigenvalue weighted by Gasteiger charge is -2.07. The number of para-hydroxylation sites is 1. The van der Waals surface area contributed by atoms with Crippen molar-refractivity contribution in [2.45, 2.75) is 26.2 Å². The van der Waals surface area contributed by atoms with Crippen LogP contribution in [0.1, 0.15) is 42.1 Å². The van der Waals surface area contributed by atoms with Gasteiger partial charge in [0.15, 0.2) is 12.4 Å². The molecule has 0 aliphatic rings. The van der Waals surface area contributed by atoms with E-state index in [4.69, 9.17) is 14.9 Å². The minimum absolute atomic E-state index is 0.0593. The first-order valence-corrected chi connectivity index (χ1v) is 8.11.